The molecular weight excluding hydrogens is 244 g/mol. The van der Waals surface area contributed by atoms with Gasteiger partial charge in [-0.2, -0.15) is 0 Å². The van der Waals surface area contributed by atoms with Crippen molar-refractivity contribution in [1.29, 1.82) is 0 Å². The Morgan fingerprint density at radius 2 is 0.950 bits per heavy atom. The summed E-state index contributed by atoms with van der Waals surface area (Å²) in [5, 5.41) is 0. The highest BCUT2D eigenvalue weighted by Gasteiger charge is 1.98. The first-order valence-corrected chi connectivity index (χ1v) is 9.09. The molecule has 1 aliphatic carbocycles. The molecule has 1 aliphatic rings. The van der Waals surface area contributed by atoms with Gasteiger partial charge in [-0.15, -0.1) is 0 Å². The largest absolute Gasteiger partial charge is 0.295 e. The van der Waals surface area contributed by atoms with Gasteiger partial charge >= 0.3 is 0 Å². The summed E-state index contributed by atoms with van der Waals surface area (Å²) in [7, 11) is 0. The van der Waals surface area contributed by atoms with E-state index in [9.17, 15) is 4.79 Å². The Labute approximate surface area is 126 Å². The Morgan fingerprint density at radius 3 is 1.45 bits per heavy atom. The number of carbonyl (C=O) groups is 1. The van der Waals surface area contributed by atoms with Gasteiger partial charge in [0.25, 0.3) is 0 Å². The molecule has 116 valence electrons. The highest BCUT2D eigenvalue weighted by Crippen LogP contribution is 2.14. The van der Waals surface area contributed by atoms with Crippen LogP contribution in [0.2, 0.25) is 0 Å². The fraction of sp³-hybridized carbons (Fsp3) is 0.842. The average Bonchev–Trinajstić information content (AvgIpc) is 2.45. The molecule has 0 aromatic rings. The van der Waals surface area contributed by atoms with Crippen LogP contribution in [0, 0.1) is 0 Å². The predicted octanol–water partition coefficient (Wildman–Crippen LogP) is 6.37. The van der Waals surface area contributed by atoms with Crippen LogP contribution in [0.1, 0.15) is 103 Å². The highest BCUT2D eigenvalue weighted by atomic mass is 16.1. The van der Waals surface area contributed by atoms with Crippen molar-refractivity contribution in [3.63, 3.8) is 0 Å². The number of allylic oxidation sites excluding steroid dienone is 2. The molecule has 0 heterocycles. The summed E-state index contributed by atoms with van der Waals surface area (Å²) in [4.78, 5) is 11.6. The number of carbonyl (C=O) groups excluding carboxylic acids is 1. The first-order chi connectivity index (χ1) is 9.89. The van der Waals surface area contributed by atoms with Gasteiger partial charge in [-0.3, -0.25) is 4.79 Å². The monoisotopic (exact) mass is 278 g/mol. The van der Waals surface area contributed by atoms with Crippen LogP contribution >= 0.6 is 0 Å². The minimum Gasteiger partial charge on any atom is -0.295 e. The summed E-state index contributed by atoms with van der Waals surface area (Å²) in [5.74, 6) is 0.336. The Balaban J connectivity index is 2.16. The third-order valence-corrected chi connectivity index (χ3v) is 4.35. The van der Waals surface area contributed by atoms with E-state index < -0.39 is 0 Å². The molecule has 0 aromatic carbocycles. The zero-order valence-corrected chi connectivity index (χ0v) is 13.4. The second-order valence-electron chi connectivity index (χ2n) is 6.36. The van der Waals surface area contributed by atoms with E-state index in [0.717, 1.165) is 19.3 Å². The Bertz CT molecular complexity index is 254. The summed E-state index contributed by atoms with van der Waals surface area (Å²) in [6, 6.07) is 0. The van der Waals surface area contributed by atoms with Crippen LogP contribution in [0.4, 0.5) is 0 Å². The molecule has 0 spiro atoms. The summed E-state index contributed by atoms with van der Waals surface area (Å²) in [6.07, 6.45) is 24.7. The van der Waals surface area contributed by atoms with E-state index in [4.69, 9.17) is 0 Å². The number of ketones is 1. The molecule has 20 heavy (non-hydrogen) atoms. The number of rotatable bonds is 0. The third-order valence-electron chi connectivity index (χ3n) is 4.35. The molecule has 0 atom stereocenters. The minimum absolute atomic E-state index is 0.336. The molecule has 0 N–H and O–H groups in total. The van der Waals surface area contributed by atoms with Gasteiger partial charge in [0.2, 0.25) is 0 Å². The lowest BCUT2D eigenvalue weighted by molar-refractivity contribution is -0.114. The molecule has 0 unspecified atom stereocenters. The first kappa shape index (κ1) is 17.5. The Morgan fingerprint density at radius 1 is 0.550 bits per heavy atom. The Hall–Kier alpha value is -0.590. The zero-order chi connectivity index (χ0) is 14.3. The van der Waals surface area contributed by atoms with E-state index in [0.29, 0.717) is 5.78 Å². The third kappa shape index (κ3) is 11.3. The van der Waals surface area contributed by atoms with Crippen molar-refractivity contribution < 1.29 is 4.79 Å². The summed E-state index contributed by atoms with van der Waals surface area (Å²) < 4.78 is 0. The van der Waals surface area contributed by atoms with Crippen LogP contribution in [0.15, 0.2) is 12.2 Å². The SMILES string of the molecule is O=C1C=CCCCCCCCCCCCCCCCC1. The molecule has 1 nitrogen and oxygen atoms in total. The standard InChI is InChI=1S/C19H34O/c20-19-17-15-13-11-9-7-5-3-1-2-4-6-8-10-12-14-16-18-19/h15,17H,1-14,16,18H2. The summed E-state index contributed by atoms with van der Waals surface area (Å²) >= 11 is 0. The molecule has 0 bridgehead atoms. The van der Waals surface area contributed by atoms with Crippen LogP contribution in [0.25, 0.3) is 0 Å². The van der Waals surface area contributed by atoms with E-state index >= 15 is 0 Å². The van der Waals surface area contributed by atoms with E-state index in [1.54, 1.807) is 0 Å². The summed E-state index contributed by atoms with van der Waals surface area (Å²) in [5.41, 5.74) is 0. The van der Waals surface area contributed by atoms with E-state index in [1.165, 1.54) is 83.5 Å². The van der Waals surface area contributed by atoms with Crippen molar-refractivity contribution in [3.8, 4) is 0 Å². The van der Waals surface area contributed by atoms with Gasteiger partial charge in [0.15, 0.2) is 5.78 Å². The normalized spacial score (nSPS) is 22.7. The highest BCUT2D eigenvalue weighted by molar-refractivity contribution is 5.89. The van der Waals surface area contributed by atoms with Gasteiger partial charge in [0.1, 0.15) is 0 Å². The van der Waals surface area contributed by atoms with E-state index in [-0.39, 0.29) is 0 Å². The van der Waals surface area contributed by atoms with Crippen molar-refractivity contribution >= 4 is 5.78 Å². The van der Waals surface area contributed by atoms with Crippen LogP contribution < -0.4 is 0 Å². The van der Waals surface area contributed by atoms with E-state index in [2.05, 4.69) is 6.08 Å². The molecule has 0 fully saturated rings. The quantitative estimate of drug-likeness (QED) is 0.503. The maximum atomic E-state index is 11.6. The van der Waals surface area contributed by atoms with Crippen LogP contribution in [-0.4, -0.2) is 5.78 Å². The molecular formula is C19H34O. The predicted molar refractivity (Wildman–Crippen MR) is 88.0 cm³/mol. The number of hydrogen-bond donors (Lipinski definition) is 0. The fourth-order valence-corrected chi connectivity index (χ4v) is 2.98. The van der Waals surface area contributed by atoms with Crippen molar-refractivity contribution in [2.75, 3.05) is 0 Å². The lowest BCUT2D eigenvalue weighted by Gasteiger charge is -2.02. The maximum absolute atomic E-state index is 11.6. The van der Waals surface area contributed by atoms with Gasteiger partial charge < -0.3 is 0 Å². The molecule has 0 radical (unpaired) electrons. The van der Waals surface area contributed by atoms with E-state index in [1.807, 2.05) is 6.08 Å². The van der Waals surface area contributed by atoms with Crippen molar-refractivity contribution in [2.24, 2.45) is 0 Å². The lowest BCUT2D eigenvalue weighted by atomic mass is 10.0. The van der Waals surface area contributed by atoms with Gasteiger partial charge in [-0.25, -0.2) is 0 Å². The van der Waals surface area contributed by atoms with Crippen LogP contribution in [0.5, 0.6) is 0 Å². The second kappa shape index (κ2) is 13.4. The minimum atomic E-state index is 0.336. The average molecular weight is 278 g/mol. The van der Waals surface area contributed by atoms with Gasteiger partial charge in [0, 0.05) is 6.42 Å². The first-order valence-electron chi connectivity index (χ1n) is 9.09. The molecule has 1 rings (SSSR count). The van der Waals surface area contributed by atoms with Crippen molar-refractivity contribution in [2.45, 2.75) is 103 Å². The maximum Gasteiger partial charge on any atom is 0.155 e. The van der Waals surface area contributed by atoms with Gasteiger partial charge in [-0.05, 0) is 25.3 Å². The smallest absolute Gasteiger partial charge is 0.155 e. The van der Waals surface area contributed by atoms with Gasteiger partial charge in [-0.1, -0.05) is 83.1 Å². The molecule has 0 aliphatic heterocycles. The zero-order valence-electron chi connectivity index (χ0n) is 13.4. The lowest BCUT2D eigenvalue weighted by Crippen LogP contribution is -1.92. The molecule has 1 heteroatoms. The Kier molecular flexibility index (Phi) is 11.7. The van der Waals surface area contributed by atoms with Gasteiger partial charge in [0.05, 0.1) is 0 Å². The fourth-order valence-electron chi connectivity index (χ4n) is 2.98. The van der Waals surface area contributed by atoms with Crippen molar-refractivity contribution in [3.05, 3.63) is 12.2 Å². The van der Waals surface area contributed by atoms with Crippen LogP contribution in [-0.2, 0) is 4.79 Å². The van der Waals surface area contributed by atoms with Crippen molar-refractivity contribution in [1.82, 2.24) is 0 Å². The number of hydrogen-bond acceptors (Lipinski definition) is 1. The molecule has 0 aromatic heterocycles. The topological polar surface area (TPSA) is 17.1 Å². The van der Waals surface area contributed by atoms with Crippen LogP contribution in [0.3, 0.4) is 0 Å². The molecule has 0 amide bonds. The molecule has 0 saturated heterocycles. The second-order valence-corrected chi connectivity index (χ2v) is 6.36. The summed E-state index contributed by atoms with van der Waals surface area (Å²) in [6.45, 7) is 0. The molecule has 0 saturated carbocycles.